The molecule has 0 amide bonds. The van der Waals surface area contributed by atoms with Crippen molar-refractivity contribution in [3.63, 3.8) is 0 Å². The van der Waals surface area contributed by atoms with Gasteiger partial charge in [-0.3, -0.25) is 4.79 Å². The van der Waals surface area contributed by atoms with Crippen LogP contribution in [0.25, 0.3) is 0 Å². The third kappa shape index (κ3) is 2.88. The quantitative estimate of drug-likeness (QED) is 0.615. The highest BCUT2D eigenvalue weighted by Gasteiger charge is 2.76. The second-order valence-corrected chi connectivity index (χ2v) is 10.0. The van der Waals surface area contributed by atoms with Crippen molar-refractivity contribution in [1.29, 1.82) is 0 Å². The van der Waals surface area contributed by atoms with Crippen LogP contribution in [0.15, 0.2) is 30.3 Å². The monoisotopic (exact) mass is 352 g/mol. The molecule has 0 N–H and O–H groups in total. The highest BCUT2D eigenvalue weighted by Crippen LogP contribution is 2.79. The molecule has 1 saturated carbocycles. The van der Waals surface area contributed by atoms with Crippen LogP contribution in [0.3, 0.4) is 0 Å². The highest BCUT2D eigenvalue weighted by atomic mass is 31.2. The number of carbonyl (C=O) groups is 1. The Morgan fingerprint density at radius 3 is 2.25 bits per heavy atom. The van der Waals surface area contributed by atoms with Gasteiger partial charge in [0.2, 0.25) is 7.94 Å². The van der Waals surface area contributed by atoms with Crippen LogP contribution in [0.5, 0.6) is 0 Å². The van der Waals surface area contributed by atoms with E-state index < -0.39 is 30.2 Å². The molecule has 3 rings (SSSR count). The lowest BCUT2D eigenvalue weighted by atomic mass is 9.90. The van der Waals surface area contributed by atoms with Crippen LogP contribution < -0.4 is 4.89 Å². The molecule has 1 aromatic carbocycles. The van der Waals surface area contributed by atoms with Crippen molar-refractivity contribution >= 4 is 13.9 Å². The lowest BCUT2D eigenvalue weighted by Gasteiger charge is -2.25. The predicted octanol–water partition coefficient (Wildman–Crippen LogP) is 3.24. The van der Waals surface area contributed by atoms with E-state index >= 15 is 0 Å². The molecular formula is C18H25O5P. The van der Waals surface area contributed by atoms with E-state index in [9.17, 15) is 9.69 Å². The number of esters is 1. The van der Waals surface area contributed by atoms with Crippen LogP contribution in [0.1, 0.15) is 46.6 Å². The Labute approximate surface area is 143 Å². The average molecular weight is 352 g/mol. The maximum absolute atomic E-state index is 13.1. The van der Waals surface area contributed by atoms with Crippen LogP contribution in [-0.2, 0) is 25.2 Å². The molecule has 132 valence electrons. The fourth-order valence-corrected chi connectivity index (χ4v) is 6.32. The van der Waals surface area contributed by atoms with Crippen LogP contribution in [0, 0.1) is 5.41 Å². The number of hydrogen-bond acceptors (Lipinski definition) is 5. The minimum Gasteiger partial charge on any atom is -0.631 e. The van der Waals surface area contributed by atoms with Gasteiger partial charge in [-0.15, -0.1) is 0 Å². The summed E-state index contributed by atoms with van der Waals surface area (Å²) in [7, 11) is -3.35. The Morgan fingerprint density at radius 1 is 1.17 bits per heavy atom. The smallest absolute Gasteiger partial charge is 0.316 e. The predicted molar refractivity (Wildman–Crippen MR) is 90.0 cm³/mol. The standard InChI is InChI=1S/C18H25O5P/c1-16(2)17(3,4)23-24(20,22-16)14-11-18(14,5)15(19)21-12-13-9-7-6-8-10-13/h6-10,14H,11-12H2,1-5H3/t14-,18-/m0/s1. The summed E-state index contributed by atoms with van der Waals surface area (Å²) in [4.78, 5) is 25.6. The minimum atomic E-state index is -3.35. The summed E-state index contributed by atoms with van der Waals surface area (Å²) < 4.78 is 17.0. The fourth-order valence-electron chi connectivity index (χ4n) is 2.91. The molecule has 1 aliphatic heterocycles. The van der Waals surface area contributed by atoms with Crippen LogP contribution in [0.4, 0.5) is 0 Å². The Morgan fingerprint density at radius 2 is 1.71 bits per heavy atom. The van der Waals surface area contributed by atoms with E-state index in [0.29, 0.717) is 6.42 Å². The van der Waals surface area contributed by atoms with E-state index in [4.69, 9.17) is 13.8 Å². The van der Waals surface area contributed by atoms with Crippen molar-refractivity contribution in [2.24, 2.45) is 5.41 Å². The number of ether oxygens (including phenoxy) is 1. The summed E-state index contributed by atoms with van der Waals surface area (Å²) in [6.45, 7) is 9.43. The van der Waals surface area contributed by atoms with Gasteiger partial charge in [0.05, 0.1) is 0 Å². The Kier molecular flexibility index (Phi) is 4.08. The third-order valence-corrected chi connectivity index (χ3v) is 8.35. The molecule has 2 fully saturated rings. The van der Waals surface area contributed by atoms with Gasteiger partial charge in [0, 0.05) is 6.42 Å². The van der Waals surface area contributed by atoms with Gasteiger partial charge in [-0.25, -0.2) is 9.05 Å². The molecule has 1 aliphatic carbocycles. The zero-order valence-corrected chi connectivity index (χ0v) is 15.8. The summed E-state index contributed by atoms with van der Waals surface area (Å²) in [6.07, 6.45) is 0.462. The normalized spacial score (nSPS) is 32.3. The maximum atomic E-state index is 13.1. The molecule has 0 spiro atoms. The number of carbonyl (C=O) groups excluding carboxylic acids is 1. The van der Waals surface area contributed by atoms with Crippen molar-refractivity contribution in [3.05, 3.63) is 35.9 Å². The molecule has 0 bridgehead atoms. The molecule has 0 unspecified atom stereocenters. The van der Waals surface area contributed by atoms with Crippen molar-refractivity contribution in [3.8, 4) is 0 Å². The van der Waals surface area contributed by atoms with E-state index in [-0.39, 0.29) is 12.6 Å². The first-order valence-electron chi connectivity index (χ1n) is 8.23. The van der Waals surface area contributed by atoms with Gasteiger partial charge in [-0.05, 0) is 40.2 Å². The fraction of sp³-hybridized carbons (Fsp3) is 0.611. The van der Waals surface area contributed by atoms with Gasteiger partial charge in [0.1, 0.15) is 28.9 Å². The molecule has 0 radical (unpaired) electrons. The topological polar surface area (TPSA) is 67.8 Å². The zero-order valence-electron chi connectivity index (χ0n) is 14.9. The molecule has 2 atom stereocenters. The molecule has 1 aromatic rings. The van der Waals surface area contributed by atoms with Crippen LogP contribution in [0.2, 0.25) is 0 Å². The van der Waals surface area contributed by atoms with Crippen LogP contribution in [-0.4, -0.2) is 22.8 Å². The number of hydrogen-bond donors (Lipinski definition) is 0. The zero-order chi connectivity index (χ0) is 17.8. The van der Waals surface area contributed by atoms with E-state index in [1.165, 1.54) is 0 Å². The van der Waals surface area contributed by atoms with Gasteiger partial charge < -0.3 is 9.63 Å². The Bertz CT molecular complexity index is 626. The molecule has 1 saturated heterocycles. The van der Waals surface area contributed by atoms with Gasteiger partial charge in [-0.1, -0.05) is 30.3 Å². The van der Waals surface area contributed by atoms with E-state index in [0.717, 1.165) is 5.56 Å². The lowest BCUT2D eigenvalue weighted by Crippen LogP contribution is -2.41. The van der Waals surface area contributed by atoms with Crippen molar-refractivity contribution < 1.29 is 23.5 Å². The Balaban J connectivity index is 1.66. The first-order valence-corrected chi connectivity index (χ1v) is 9.84. The van der Waals surface area contributed by atoms with Gasteiger partial charge in [0.15, 0.2) is 0 Å². The largest absolute Gasteiger partial charge is 0.631 e. The van der Waals surface area contributed by atoms with Gasteiger partial charge in [-0.2, -0.15) is 0 Å². The third-order valence-electron chi connectivity index (χ3n) is 5.41. The lowest BCUT2D eigenvalue weighted by molar-refractivity contribution is -0.213. The minimum absolute atomic E-state index is 0.213. The summed E-state index contributed by atoms with van der Waals surface area (Å²) in [5.41, 5.74) is -1.65. The van der Waals surface area contributed by atoms with Crippen molar-refractivity contribution in [1.82, 2.24) is 0 Å². The number of rotatable bonds is 4. The Hall–Kier alpha value is -1.00. The summed E-state index contributed by atoms with van der Waals surface area (Å²) >= 11 is 0. The maximum Gasteiger partial charge on any atom is 0.316 e. The molecule has 5 nitrogen and oxygen atoms in total. The van der Waals surface area contributed by atoms with Crippen molar-refractivity contribution in [2.75, 3.05) is 0 Å². The molecule has 24 heavy (non-hydrogen) atoms. The first kappa shape index (κ1) is 17.8. The van der Waals surface area contributed by atoms with Gasteiger partial charge in [0.25, 0.3) is 0 Å². The number of benzene rings is 1. The van der Waals surface area contributed by atoms with E-state index in [1.54, 1.807) is 6.92 Å². The van der Waals surface area contributed by atoms with Crippen LogP contribution >= 0.6 is 7.94 Å². The summed E-state index contributed by atoms with van der Waals surface area (Å²) in [5, 5.41) is 0. The summed E-state index contributed by atoms with van der Waals surface area (Å²) in [6, 6.07) is 9.50. The molecule has 2 aliphatic rings. The molecule has 6 heteroatoms. The molecular weight excluding hydrogens is 327 g/mol. The van der Waals surface area contributed by atoms with E-state index in [2.05, 4.69) is 0 Å². The first-order chi connectivity index (χ1) is 11.0. The second kappa shape index (κ2) is 5.50. The van der Waals surface area contributed by atoms with Crippen molar-refractivity contribution in [2.45, 2.75) is 64.5 Å². The van der Waals surface area contributed by atoms with Gasteiger partial charge >= 0.3 is 5.97 Å². The molecule has 0 aromatic heterocycles. The van der Waals surface area contributed by atoms with E-state index in [1.807, 2.05) is 58.0 Å². The second-order valence-electron chi connectivity index (χ2n) is 7.94. The highest BCUT2D eigenvalue weighted by molar-refractivity contribution is 7.60. The summed E-state index contributed by atoms with van der Waals surface area (Å²) in [5.74, 6) is -0.346. The molecule has 1 heterocycles. The average Bonchev–Trinajstić information content (AvgIpc) is 3.14. The SMILES string of the molecule is CC1(C)O[P+]([O-])([C@H]2C[C@]2(C)C(=O)OCc2ccccc2)OC1(C)C.